The van der Waals surface area contributed by atoms with Crippen LogP contribution in [0, 0.1) is 18.3 Å². The van der Waals surface area contributed by atoms with Gasteiger partial charge in [-0.05, 0) is 19.1 Å². The summed E-state index contributed by atoms with van der Waals surface area (Å²) in [6, 6.07) is 7.06. The molecule has 1 fully saturated rings. The second-order valence-electron chi connectivity index (χ2n) is 8.23. The van der Waals surface area contributed by atoms with Crippen molar-refractivity contribution in [2.75, 3.05) is 25.0 Å². The van der Waals surface area contributed by atoms with Crippen molar-refractivity contribution in [1.29, 1.82) is 5.26 Å². The molecule has 0 bridgehead atoms. The van der Waals surface area contributed by atoms with Crippen molar-refractivity contribution in [2.24, 2.45) is 0 Å². The third kappa shape index (κ3) is 4.67. The average molecular weight is 506 g/mol. The molecule has 0 aliphatic carbocycles. The third-order valence-electron chi connectivity index (χ3n) is 5.59. The first-order chi connectivity index (χ1) is 17.4. The van der Waals surface area contributed by atoms with Crippen molar-refractivity contribution in [2.45, 2.75) is 19.1 Å². The number of amides is 1. The molecule has 36 heavy (non-hydrogen) atoms. The number of likely N-dealkylation sites (tertiary alicyclic amines) is 1. The Hall–Kier alpha value is -4.18. The molecule has 1 aromatic carbocycles. The number of halogens is 1. The van der Waals surface area contributed by atoms with Crippen molar-refractivity contribution >= 4 is 34.4 Å². The van der Waals surface area contributed by atoms with Gasteiger partial charge in [-0.1, -0.05) is 17.7 Å². The summed E-state index contributed by atoms with van der Waals surface area (Å²) in [5.74, 6) is -0.0363. The van der Waals surface area contributed by atoms with Gasteiger partial charge in [-0.3, -0.25) is 14.7 Å². The summed E-state index contributed by atoms with van der Waals surface area (Å²) in [6.07, 6.45) is 4.35. The van der Waals surface area contributed by atoms with Crippen molar-refractivity contribution in [3.63, 3.8) is 0 Å². The van der Waals surface area contributed by atoms with E-state index in [-0.39, 0.29) is 18.2 Å². The van der Waals surface area contributed by atoms with E-state index >= 15 is 0 Å². The van der Waals surface area contributed by atoms with Gasteiger partial charge >= 0.3 is 0 Å². The molecule has 0 radical (unpaired) electrons. The maximum atomic E-state index is 13.1. The number of aromatic nitrogens is 6. The van der Waals surface area contributed by atoms with Crippen LogP contribution in [0.4, 0.5) is 5.82 Å². The highest BCUT2D eigenvalue weighted by atomic mass is 35.5. The molecule has 5 rings (SSSR count). The van der Waals surface area contributed by atoms with E-state index in [2.05, 4.69) is 36.4 Å². The van der Waals surface area contributed by atoms with E-state index in [0.29, 0.717) is 46.1 Å². The number of β-amino-alcohol motifs (C(OH)–C–C–N with tert-alkyl or cyclic N) is 1. The number of aliphatic hydroxyl groups excluding tert-OH is 1. The number of nitrogens with zero attached hydrogens (tertiary/aromatic N) is 8. The summed E-state index contributed by atoms with van der Waals surface area (Å²) in [4.78, 5) is 31.9. The summed E-state index contributed by atoms with van der Waals surface area (Å²) >= 11 is 6.37. The average Bonchev–Trinajstić information content (AvgIpc) is 3.28. The predicted molar refractivity (Wildman–Crippen MR) is 129 cm³/mol. The fourth-order valence-corrected chi connectivity index (χ4v) is 4.05. The molecule has 4 aromatic rings. The lowest BCUT2D eigenvalue weighted by molar-refractivity contribution is -0.125. The van der Waals surface area contributed by atoms with Gasteiger partial charge in [-0.2, -0.15) is 10.4 Å². The first-order valence-corrected chi connectivity index (χ1v) is 11.3. The fourth-order valence-electron chi connectivity index (χ4n) is 3.80. The van der Waals surface area contributed by atoms with Gasteiger partial charge in [0.05, 0.1) is 41.0 Å². The van der Waals surface area contributed by atoms with Crippen LogP contribution in [0.5, 0.6) is 5.88 Å². The SMILES string of the molecule is Cc1cnc(NC(=O)[C@H](CN2CC(O)C2)Oc2ncnc3c2cnn3-c2c(Cl)cccc2C#N)cn1. The van der Waals surface area contributed by atoms with Crippen LogP contribution >= 0.6 is 11.6 Å². The Bertz CT molecular complexity index is 1460. The topological polar surface area (TPSA) is 155 Å². The molecule has 1 amide bonds. The number of benzene rings is 1. The second kappa shape index (κ2) is 9.82. The van der Waals surface area contributed by atoms with E-state index in [4.69, 9.17) is 16.3 Å². The quantitative estimate of drug-likeness (QED) is 0.377. The number of aryl methyl sites for hydroxylation is 1. The van der Waals surface area contributed by atoms with E-state index in [9.17, 15) is 15.2 Å². The maximum absolute atomic E-state index is 13.1. The second-order valence-corrected chi connectivity index (χ2v) is 8.64. The summed E-state index contributed by atoms with van der Waals surface area (Å²) in [6.45, 7) is 2.86. The van der Waals surface area contributed by atoms with Gasteiger partial charge in [0.1, 0.15) is 23.5 Å². The fraction of sp³-hybridized carbons (Fsp3) is 0.261. The van der Waals surface area contributed by atoms with Crippen LogP contribution in [0.15, 0.2) is 43.1 Å². The molecule has 1 atom stereocenters. The summed E-state index contributed by atoms with van der Waals surface area (Å²) in [5.41, 5.74) is 1.77. The smallest absolute Gasteiger partial charge is 0.268 e. The van der Waals surface area contributed by atoms with Gasteiger partial charge in [0.25, 0.3) is 5.91 Å². The van der Waals surface area contributed by atoms with Gasteiger partial charge in [0, 0.05) is 19.6 Å². The highest BCUT2D eigenvalue weighted by Gasteiger charge is 2.32. The molecule has 0 spiro atoms. The Morgan fingerprint density at radius 3 is 2.83 bits per heavy atom. The zero-order chi connectivity index (χ0) is 25.2. The van der Waals surface area contributed by atoms with E-state index in [1.807, 2.05) is 4.90 Å². The number of hydrogen-bond donors (Lipinski definition) is 2. The zero-order valence-electron chi connectivity index (χ0n) is 19.0. The summed E-state index contributed by atoms with van der Waals surface area (Å²) < 4.78 is 7.52. The van der Waals surface area contributed by atoms with Crippen molar-refractivity contribution in [1.82, 2.24) is 34.6 Å². The van der Waals surface area contributed by atoms with Crippen molar-refractivity contribution in [3.8, 4) is 17.6 Å². The Kier molecular flexibility index (Phi) is 6.43. The van der Waals surface area contributed by atoms with E-state index in [1.165, 1.54) is 23.4 Å². The van der Waals surface area contributed by atoms with Gasteiger partial charge in [-0.15, -0.1) is 0 Å². The van der Waals surface area contributed by atoms with Gasteiger partial charge in [0.15, 0.2) is 17.6 Å². The number of aliphatic hydroxyl groups is 1. The summed E-state index contributed by atoms with van der Waals surface area (Å²) in [7, 11) is 0. The van der Waals surface area contributed by atoms with E-state index < -0.39 is 18.1 Å². The number of carbonyl (C=O) groups is 1. The summed E-state index contributed by atoms with van der Waals surface area (Å²) in [5, 5.41) is 27.0. The van der Waals surface area contributed by atoms with Crippen LogP contribution in [0.3, 0.4) is 0 Å². The molecule has 2 N–H and O–H groups in total. The Labute approximate surface area is 210 Å². The molecule has 0 unspecified atom stereocenters. The van der Waals surface area contributed by atoms with Gasteiger partial charge < -0.3 is 15.2 Å². The molecule has 3 aromatic heterocycles. The molecule has 4 heterocycles. The standard InChI is InChI=1S/C23H20ClN9O3/c1-13-6-27-19(8-26-13)31-22(35)18(11-32-9-15(34)10-32)36-23-16-7-30-33(21(16)28-12-29-23)20-14(5-25)3-2-4-17(20)24/h2-4,6-8,12,15,18,34H,9-11H2,1H3,(H,27,31,35)/t18-/m0/s1. The zero-order valence-corrected chi connectivity index (χ0v) is 19.8. The molecule has 182 valence electrons. The number of anilines is 1. The molecule has 1 aliphatic heterocycles. The van der Waals surface area contributed by atoms with E-state index in [0.717, 1.165) is 0 Å². The number of nitrogens with one attached hydrogen (secondary N) is 1. The number of rotatable bonds is 7. The van der Waals surface area contributed by atoms with Crippen LogP contribution in [-0.2, 0) is 4.79 Å². The molecule has 13 heteroatoms. The van der Waals surface area contributed by atoms with Gasteiger partial charge in [0.2, 0.25) is 5.88 Å². The number of carbonyl (C=O) groups excluding carboxylic acids is 1. The number of nitriles is 1. The third-order valence-corrected chi connectivity index (χ3v) is 5.89. The number of hydrogen-bond acceptors (Lipinski definition) is 10. The largest absolute Gasteiger partial charge is 0.462 e. The van der Waals surface area contributed by atoms with Crippen molar-refractivity contribution < 1.29 is 14.6 Å². The lowest BCUT2D eigenvalue weighted by Gasteiger charge is -2.37. The highest BCUT2D eigenvalue weighted by molar-refractivity contribution is 6.32. The van der Waals surface area contributed by atoms with Crippen LogP contribution in [0.25, 0.3) is 16.7 Å². The lowest BCUT2D eigenvalue weighted by Crippen LogP contribution is -2.55. The first-order valence-electron chi connectivity index (χ1n) is 11.0. The van der Waals surface area contributed by atoms with Crippen LogP contribution in [0.2, 0.25) is 5.02 Å². The monoisotopic (exact) mass is 505 g/mol. The maximum Gasteiger partial charge on any atom is 0.268 e. The molecular formula is C23H20ClN9O3. The molecule has 0 saturated carbocycles. The Balaban J connectivity index is 1.46. The molecule has 12 nitrogen and oxygen atoms in total. The van der Waals surface area contributed by atoms with Crippen LogP contribution < -0.4 is 10.1 Å². The number of fused-ring (bicyclic) bond motifs is 1. The minimum absolute atomic E-state index is 0.132. The van der Waals surface area contributed by atoms with Crippen LogP contribution in [0.1, 0.15) is 11.3 Å². The number of ether oxygens (including phenoxy) is 1. The predicted octanol–water partition coefficient (Wildman–Crippen LogP) is 1.50. The van der Waals surface area contributed by atoms with E-state index in [1.54, 1.807) is 31.3 Å². The van der Waals surface area contributed by atoms with Gasteiger partial charge in [-0.25, -0.2) is 19.6 Å². The number of para-hydroxylation sites is 1. The molecule has 1 aliphatic rings. The van der Waals surface area contributed by atoms with Crippen LogP contribution in [-0.4, -0.2) is 77.5 Å². The Morgan fingerprint density at radius 1 is 1.28 bits per heavy atom. The highest BCUT2D eigenvalue weighted by Crippen LogP contribution is 2.29. The minimum Gasteiger partial charge on any atom is -0.462 e. The first kappa shape index (κ1) is 23.6. The van der Waals surface area contributed by atoms with Crippen molar-refractivity contribution in [3.05, 3.63) is 59.4 Å². The molecular weight excluding hydrogens is 486 g/mol. The minimum atomic E-state index is -0.989. The normalized spacial score (nSPS) is 14.7. The molecule has 1 saturated heterocycles. The lowest BCUT2D eigenvalue weighted by atomic mass is 10.1. The Morgan fingerprint density at radius 2 is 2.11 bits per heavy atom.